The second-order valence-electron chi connectivity index (χ2n) is 3.24. The molecule has 4 nitrogen and oxygen atoms in total. The Kier molecular flexibility index (Phi) is 3.76. The van der Waals surface area contributed by atoms with E-state index >= 15 is 0 Å². The van der Waals surface area contributed by atoms with Crippen molar-refractivity contribution in [3.05, 3.63) is 11.8 Å². The molecule has 0 aliphatic carbocycles. The summed E-state index contributed by atoms with van der Waals surface area (Å²) in [5.74, 6) is -1.34. The van der Waals surface area contributed by atoms with E-state index in [1.54, 1.807) is 27.7 Å². The maximum atomic E-state index is 10.4. The summed E-state index contributed by atoms with van der Waals surface area (Å²) >= 11 is 0. The average molecular weight is 174 g/mol. The van der Waals surface area contributed by atoms with Gasteiger partial charge in [0.1, 0.15) is 5.60 Å². The molecule has 0 atom stereocenters. The molecule has 1 N–H and O–H groups in total. The van der Waals surface area contributed by atoms with Gasteiger partial charge in [0.2, 0.25) is 5.76 Å². The molecule has 0 aliphatic rings. The summed E-state index contributed by atoms with van der Waals surface area (Å²) in [4.78, 5) is 19.7. The van der Waals surface area contributed by atoms with Gasteiger partial charge in [-0.3, -0.25) is 0 Å². The molecule has 0 aromatic heterocycles. The van der Waals surface area contributed by atoms with Crippen LogP contribution in [0.3, 0.4) is 0 Å². The predicted octanol–water partition coefficient (Wildman–Crippen LogP) is 1.72. The third-order valence-electron chi connectivity index (χ3n) is 0.854. The maximum Gasteiger partial charge on any atom is 0.375 e. The minimum Gasteiger partial charge on any atom is -0.475 e. The molecule has 12 heavy (non-hydrogen) atoms. The van der Waals surface area contributed by atoms with Gasteiger partial charge in [-0.25, -0.2) is 4.79 Å². The highest BCUT2D eigenvalue weighted by Gasteiger charge is 2.16. The molecule has 0 spiro atoms. The van der Waals surface area contributed by atoms with Crippen molar-refractivity contribution in [3.8, 4) is 0 Å². The molecule has 0 radical (unpaired) electrons. The van der Waals surface area contributed by atoms with Crippen molar-refractivity contribution < 1.29 is 19.7 Å². The zero-order chi connectivity index (χ0) is 9.78. The summed E-state index contributed by atoms with van der Waals surface area (Å²) in [5, 5.41) is 8.50. The number of rotatable bonds is 3. The molecule has 4 heteroatoms. The lowest BCUT2D eigenvalue weighted by Crippen LogP contribution is -2.20. The van der Waals surface area contributed by atoms with Crippen molar-refractivity contribution >= 4 is 5.97 Å². The van der Waals surface area contributed by atoms with Crippen LogP contribution in [0.5, 0.6) is 0 Å². The van der Waals surface area contributed by atoms with Gasteiger partial charge in [-0.1, -0.05) is 0 Å². The SMILES string of the molecule is CC=C(OOC(C)(C)C)C(=O)O. The molecule has 0 heterocycles. The van der Waals surface area contributed by atoms with E-state index in [0.29, 0.717) is 0 Å². The molecular weight excluding hydrogens is 160 g/mol. The molecule has 0 aromatic rings. The summed E-state index contributed by atoms with van der Waals surface area (Å²) in [7, 11) is 0. The zero-order valence-electron chi connectivity index (χ0n) is 7.75. The van der Waals surface area contributed by atoms with Crippen LogP contribution in [0.15, 0.2) is 11.8 Å². The fourth-order valence-corrected chi connectivity index (χ4v) is 0.377. The Morgan fingerprint density at radius 2 is 1.92 bits per heavy atom. The highest BCUT2D eigenvalue weighted by Crippen LogP contribution is 2.10. The average Bonchev–Trinajstić information content (AvgIpc) is 1.85. The van der Waals surface area contributed by atoms with E-state index in [9.17, 15) is 4.79 Å². The first-order valence-electron chi connectivity index (χ1n) is 3.62. The number of allylic oxidation sites excluding steroid dienone is 1. The summed E-state index contributed by atoms with van der Waals surface area (Å²) in [6.07, 6.45) is 1.33. The Labute approximate surface area is 71.7 Å². The number of aliphatic carboxylic acids is 1. The van der Waals surface area contributed by atoms with Gasteiger partial charge in [-0.2, -0.15) is 4.89 Å². The van der Waals surface area contributed by atoms with Crippen LogP contribution >= 0.6 is 0 Å². The topological polar surface area (TPSA) is 55.8 Å². The first-order chi connectivity index (χ1) is 5.37. The van der Waals surface area contributed by atoms with E-state index in [1.165, 1.54) is 6.08 Å². The van der Waals surface area contributed by atoms with Gasteiger partial charge in [0.25, 0.3) is 0 Å². The minimum atomic E-state index is -1.14. The molecule has 0 saturated heterocycles. The summed E-state index contributed by atoms with van der Waals surface area (Å²) in [5.41, 5.74) is -0.510. The molecule has 0 saturated carbocycles. The van der Waals surface area contributed by atoms with Gasteiger partial charge in [0.05, 0.1) is 0 Å². The highest BCUT2D eigenvalue weighted by molar-refractivity contribution is 5.83. The van der Waals surface area contributed by atoms with E-state index < -0.39 is 11.6 Å². The van der Waals surface area contributed by atoms with Gasteiger partial charge in [-0.05, 0) is 33.8 Å². The standard InChI is InChI=1S/C8H14O4/c1-5-6(7(9)10)11-12-8(2,3)4/h5H,1-4H3,(H,9,10). The Morgan fingerprint density at radius 3 is 2.17 bits per heavy atom. The minimum absolute atomic E-state index is 0.204. The first-order valence-corrected chi connectivity index (χ1v) is 3.62. The number of carboxylic acid groups (broad SMARTS) is 1. The van der Waals surface area contributed by atoms with Crippen molar-refractivity contribution in [1.82, 2.24) is 0 Å². The van der Waals surface area contributed by atoms with Crippen LogP contribution in [0.2, 0.25) is 0 Å². The summed E-state index contributed by atoms with van der Waals surface area (Å²) in [6.45, 7) is 6.86. The number of hydrogen-bond donors (Lipinski definition) is 1. The Hall–Kier alpha value is -1.03. The van der Waals surface area contributed by atoms with Crippen LogP contribution in [-0.2, 0) is 14.6 Å². The van der Waals surface area contributed by atoms with Gasteiger partial charge in [0, 0.05) is 0 Å². The lowest BCUT2D eigenvalue weighted by atomic mass is 10.2. The van der Waals surface area contributed by atoms with Crippen molar-refractivity contribution in [1.29, 1.82) is 0 Å². The van der Waals surface area contributed by atoms with E-state index in [1.807, 2.05) is 0 Å². The fourth-order valence-electron chi connectivity index (χ4n) is 0.377. The van der Waals surface area contributed by atoms with Crippen LogP contribution < -0.4 is 0 Å². The third-order valence-corrected chi connectivity index (χ3v) is 0.854. The second kappa shape index (κ2) is 4.11. The van der Waals surface area contributed by atoms with Gasteiger partial charge >= 0.3 is 5.97 Å². The monoisotopic (exact) mass is 174 g/mol. The fraction of sp³-hybridized carbons (Fsp3) is 0.625. The normalized spacial score (nSPS) is 12.8. The Bertz CT molecular complexity index is 188. The van der Waals surface area contributed by atoms with Crippen LogP contribution in [0, 0.1) is 0 Å². The Morgan fingerprint density at radius 1 is 1.42 bits per heavy atom. The lowest BCUT2D eigenvalue weighted by Gasteiger charge is -2.17. The van der Waals surface area contributed by atoms with E-state index in [-0.39, 0.29) is 5.76 Å². The zero-order valence-corrected chi connectivity index (χ0v) is 7.75. The molecule has 70 valence electrons. The molecule has 0 unspecified atom stereocenters. The van der Waals surface area contributed by atoms with Crippen LogP contribution in [0.4, 0.5) is 0 Å². The van der Waals surface area contributed by atoms with E-state index in [4.69, 9.17) is 9.99 Å². The largest absolute Gasteiger partial charge is 0.475 e. The maximum absolute atomic E-state index is 10.4. The van der Waals surface area contributed by atoms with Gasteiger partial charge < -0.3 is 9.99 Å². The number of carboxylic acids is 1. The van der Waals surface area contributed by atoms with Crippen molar-refractivity contribution in [2.24, 2.45) is 0 Å². The Balaban J connectivity index is 4.00. The lowest BCUT2D eigenvalue weighted by molar-refractivity contribution is -0.320. The van der Waals surface area contributed by atoms with Gasteiger partial charge in [0.15, 0.2) is 0 Å². The molecule has 0 rings (SSSR count). The van der Waals surface area contributed by atoms with Crippen LogP contribution in [0.25, 0.3) is 0 Å². The first kappa shape index (κ1) is 11.0. The summed E-state index contributed by atoms with van der Waals surface area (Å²) < 4.78 is 0. The van der Waals surface area contributed by atoms with Crippen LogP contribution in [0.1, 0.15) is 27.7 Å². The quantitative estimate of drug-likeness (QED) is 0.306. The third kappa shape index (κ3) is 4.73. The van der Waals surface area contributed by atoms with Crippen LogP contribution in [-0.4, -0.2) is 16.7 Å². The van der Waals surface area contributed by atoms with Crippen molar-refractivity contribution in [3.63, 3.8) is 0 Å². The molecule has 0 aliphatic heterocycles. The smallest absolute Gasteiger partial charge is 0.375 e. The van der Waals surface area contributed by atoms with Crippen molar-refractivity contribution in [2.75, 3.05) is 0 Å². The van der Waals surface area contributed by atoms with E-state index in [0.717, 1.165) is 0 Å². The number of hydrogen-bond acceptors (Lipinski definition) is 3. The molecule has 0 bridgehead atoms. The molecule has 0 amide bonds. The van der Waals surface area contributed by atoms with Crippen molar-refractivity contribution in [2.45, 2.75) is 33.3 Å². The van der Waals surface area contributed by atoms with Gasteiger partial charge in [-0.15, -0.1) is 0 Å². The molecule has 0 fully saturated rings. The second-order valence-corrected chi connectivity index (χ2v) is 3.24. The molecular formula is C8H14O4. The summed E-state index contributed by atoms with van der Waals surface area (Å²) in [6, 6.07) is 0. The number of carbonyl (C=O) groups is 1. The molecule has 0 aromatic carbocycles. The van der Waals surface area contributed by atoms with E-state index in [2.05, 4.69) is 4.89 Å². The highest BCUT2D eigenvalue weighted by atomic mass is 17.2. The predicted molar refractivity (Wildman–Crippen MR) is 43.3 cm³/mol.